The predicted octanol–water partition coefficient (Wildman–Crippen LogP) is 3.17. The lowest BCUT2D eigenvalue weighted by atomic mass is 9.88. The zero-order chi connectivity index (χ0) is 15.0. The van der Waals surface area contributed by atoms with Gasteiger partial charge in [-0.15, -0.1) is 0 Å². The summed E-state index contributed by atoms with van der Waals surface area (Å²) < 4.78 is 6.01. The van der Waals surface area contributed by atoms with Crippen LogP contribution in [0.15, 0.2) is 28.7 Å². The Kier molecular flexibility index (Phi) is 7.15. The van der Waals surface area contributed by atoms with Crippen molar-refractivity contribution in [3.05, 3.63) is 28.7 Å². The van der Waals surface area contributed by atoms with Crippen molar-refractivity contribution in [1.29, 1.82) is 0 Å². The Balaban J connectivity index is 2.76. The molecule has 1 aromatic carbocycles. The Morgan fingerprint density at radius 3 is 2.60 bits per heavy atom. The van der Waals surface area contributed by atoms with E-state index in [9.17, 15) is 14.4 Å². The minimum absolute atomic E-state index is 0.0830. The van der Waals surface area contributed by atoms with Gasteiger partial charge >= 0.3 is 5.97 Å². The molecule has 0 radical (unpaired) electrons. The number of carbonyl (C=O) groups is 3. The van der Waals surface area contributed by atoms with Gasteiger partial charge in [0, 0.05) is 12.8 Å². The van der Waals surface area contributed by atoms with Crippen molar-refractivity contribution in [3.8, 4) is 5.75 Å². The van der Waals surface area contributed by atoms with Crippen molar-refractivity contribution in [2.75, 3.05) is 0 Å². The van der Waals surface area contributed by atoms with E-state index in [0.717, 1.165) is 6.29 Å². The SMILES string of the molecule is CC(CCC=O)C(CC=O)C(=O)Oc1ccccc1Br. The van der Waals surface area contributed by atoms with Crippen LogP contribution in [0.5, 0.6) is 5.75 Å². The van der Waals surface area contributed by atoms with Crippen LogP contribution in [-0.2, 0) is 14.4 Å². The number of rotatable bonds is 8. The normalized spacial score (nSPS) is 13.3. The minimum Gasteiger partial charge on any atom is -0.425 e. The first-order chi connectivity index (χ1) is 9.60. The van der Waals surface area contributed by atoms with E-state index < -0.39 is 11.9 Å². The monoisotopic (exact) mass is 340 g/mol. The molecule has 0 bridgehead atoms. The Hall–Kier alpha value is -1.49. The zero-order valence-corrected chi connectivity index (χ0v) is 12.8. The first-order valence-electron chi connectivity index (χ1n) is 6.43. The van der Waals surface area contributed by atoms with Gasteiger partial charge in [0.1, 0.15) is 18.3 Å². The number of aldehydes is 2. The fourth-order valence-electron chi connectivity index (χ4n) is 1.91. The van der Waals surface area contributed by atoms with Crippen LogP contribution in [0.4, 0.5) is 0 Å². The summed E-state index contributed by atoms with van der Waals surface area (Å²) in [4.78, 5) is 33.3. The molecule has 0 amide bonds. The third-order valence-electron chi connectivity index (χ3n) is 3.13. The van der Waals surface area contributed by atoms with Gasteiger partial charge in [0.05, 0.1) is 10.4 Å². The third-order valence-corrected chi connectivity index (χ3v) is 3.78. The summed E-state index contributed by atoms with van der Waals surface area (Å²) in [5.41, 5.74) is 0. The molecule has 0 aliphatic carbocycles. The standard InChI is InChI=1S/C15H17BrO4/c1-11(5-4-9-17)12(8-10-18)15(19)20-14-7-3-2-6-13(14)16/h2-3,6-7,9-12H,4-5,8H2,1H3. The second-order valence-corrected chi connectivity index (χ2v) is 5.44. The second-order valence-electron chi connectivity index (χ2n) is 4.58. The lowest BCUT2D eigenvalue weighted by Crippen LogP contribution is -2.27. The van der Waals surface area contributed by atoms with E-state index in [4.69, 9.17) is 4.74 Å². The van der Waals surface area contributed by atoms with Crippen LogP contribution in [0.3, 0.4) is 0 Å². The van der Waals surface area contributed by atoms with Crippen molar-refractivity contribution in [2.24, 2.45) is 11.8 Å². The van der Waals surface area contributed by atoms with Crippen LogP contribution < -0.4 is 4.74 Å². The molecule has 0 aromatic heterocycles. The summed E-state index contributed by atoms with van der Waals surface area (Å²) in [6, 6.07) is 7.03. The molecule has 0 heterocycles. The number of hydrogen-bond donors (Lipinski definition) is 0. The number of para-hydroxylation sites is 1. The van der Waals surface area contributed by atoms with Crippen LogP contribution in [0.2, 0.25) is 0 Å². The summed E-state index contributed by atoms with van der Waals surface area (Å²) in [6.07, 6.45) is 2.56. The van der Waals surface area contributed by atoms with Crippen molar-refractivity contribution in [3.63, 3.8) is 0 Å². The quantitative estimate of drug-likeness (QED) is 0.414. The van der Waals surface area contributed by atoms with Gasteiger partial charge in [-0.2, -0.15) is 0 Å². The molecule has 4 nitrogen and oxygen atoms in total. The molecule has 2 unspecified atom stereocenters. The topological polar surface area (TPSA) is 60.4 Å². The van der Waals surface area contributed by atoms with E-state index >= 15 is 0 Å². The molecule has 0 saturated carbocycles. The maximum atomic E-state index is 12.2. The van der Waals surface area contributed by atoms with E-state index in [1.54, 1.807) is 18.2 Å². The summed E-state index contributed by atoms with van der Waals surface area (Å²) >= 11 is 3.30. The van der Waals surface area contributed by atoms with Crippen LogP contribution in [0, 0.1) is 11.8 Å². The summed E-state index contributed by atoms with van der Waals surface area (Å²) in [7, 11) is 0. The maximum absolute atomic E-state index is 12.2. The van der Waals surface area contributed by atoms with E-state index in [1.165, 1.54) is 0 Å². The van der Waals surface area contributed by atoms with Crippen LogP contribution >= 0.6 is 15.9 Å². The zero-order valence-electron chi connectivity index (χ0n) is 11.3. The highest BCUT2D eigenvalue weighted by atomic mass is 79.9. The maximum Gasteiger partial charge on any atom is 0.315 e. The number of benzene rings is 1. The molecule has 0 aliphatic rings. The Bertz CT molecular complexity index is 473. The minimum atomic E-state index is -0.528. The average Bonchev–Trinajstić information content (AvgIpc) is 2.44. The molecule has 2 atom stereocenters. The third kappa shape index (κ3) is 4.89. The van der Waals surface area contributed by atoms with Crippen molar-refractivity contribution in [2.45, 2.75) is 26.2 Å². The number of ether oxygens (including phenoxy) is 1. The van der Waals surface area contributed by atoms with Gasteiger partial charge in [0.2, 0.25) is 0 Å². The molecule has 0 saturated heterocycles. The predicted molar refractivity (Wildman–Crippen MR) is 78.4 cm³/mol. The van der Waals surface area contributed by atoms with Gasteiger partial charge in [0.25, 0.3) is 0 Å². The molecular formula is C15H17BrO4. The molecule has 108 valence electrons. The highest BCUT2D eigenvalue weighted by Crippen LogP contribution is 2.27. The van der Waals surface area contributed by atoms with Crippen molar-refractivity contribution in [1.82, 2.24) is 0 Å². The fraction of sp³-hybridized carbons (Fsp3) is 0.400. The van der Waals surface area contributed by atoms with Gasteiger partial charge in [-0.25, -0.2) is 0 Å². The van der Waals surface area contributed by atoms with Gasteiger partial charge in [-0.1, -0.05) is 19.1 Å². The molecule has 1 rings (SSSR count). The van der Waals surface area contributed by atoms with Gasteiger partial charge in [-0.05, 0) is 40.4 Å². The van der Waals surface area contributed by atoms with E-state index in [1.807, 2.05) is 13.0 Å². The number of halogens is 1. The van der Waals surface area contributed by atoms with Crippen molar-refractivity contribution >= 4 is 34.5 Å². The number of hydrogen-bond acceptors (Lipinski definition) is 4. The molecule has 0 fully saturated rings. The summed E-state index contributed by atoms with van der Waals surface area (Å²) in [6.45, 7) is 1.85. The number of esters is 1. The van der Waals surface area contributed by atoms with E-state index in [-0.39, 0.29) is 12.3 Å². The van der Waals surface area contributed by atoms with Gasteiger partial charge < -0.3 is 14.3 Å². The average molecular weight is 341 g/mol. The Labute approximate surface area is 126 Å². The van der Waals surface area contributed by atoms with Crippen LogP contribution in [0.1, 0.15) is 26.2 Å². The van der Waals surface area contributed by atoms with E-state index in [2.05, 4.69) is 15.9 Å². The molecule has 0 N–H and O–H groups in total. The second kappa shape index (κ2) is 8.64. The Morgan fingerprint density at radius 1 is 1.30 bits per heavy atom. The van der Waals surface area contributed by atoms with Gasteiger partial charge in [-0.3, -0.25) is 4.79 Å². The largest absolute Gasteiger partial charge is 0.425 e. The molecule has 0 aliphatic heterocycles. The fourth-order valence-corrected chi connectivity index (χ4v) is 2.27. The first-order valence-corrected chi connectivity index (χ1v) is 7.23. The van der Waals surface area contributed by atoms with Crippen LogP contribution in [0.25, 0.3) is 0 Å². The van der Waals surface area contributed by atoms with E-state index in [0.29, 0.717) is 29.4 Å². The molecule has 1 aromatic rings. The molecule has 5 heteroatoms. The van der Waals surface area contributed by atoms with Crippen molar-refractivity contribution < 1.29 is 19.1 Å². The number of carbonyl (C=O) groups excluding carboxylic acids is 3. The summed E-state index contributed by atoms with van der Waals surface area (Å²) in [5.74, 6) is -0.627. The van der Waals surface area contributed by atoms with Crippen LogP contribution in [-0.4, -0.2) is 18.5 Å². The molecule has 0 spiro atoms. The molecular weight excluding hydrogens is 324 g/mol. The first kappa shape index (κ1) is 16.6. The lowest BCUT2D eigenvalue weighted by Gasteiger charge is -2.20. The van der Waals surface area contributed by atoms with Gasteiger partial charge in [0.15, 0.2) is 0 Å². The molecule has 20 heavy (non-hydrogen) atoms. The Morgan fingerprint density at radius 2 is 2.00 bits per heavy atom. The highest BCUT2D eigenvalue weighted by molar-refractivity contribution is 9.10. The smallest absolute Gasteiger partial charge is 0.315 e. The highest BCUT2D eigenvalue weighted by Gasteiger charge is 2.26. The summed E-state index contributed by atoms with van der Waals surface area (Å²) in [5, 5.41) is 0. The lowest BCUT2D eigenvalue weighted by molar-refractivity contribution is -0.142.